The second-order valence-corrected chi connectivity index (χ2v) is 13.8. The van der Waals surface area contributed by atoms with Crippen molar-refractivity contribution in [1.82, 2.24) is 4.90 Å². The summed E-state index contributed by atoms with van der Waals surface area (Å²) in [5.74, 6) is -4.88. The molecule has 0 spiro atoms. The molecule has 0 bridgehead atoms. The van der Waals surface area contributed by atoms with Crippen LogP contribution in [0.15, 0.2) is 87.0 Å². The molecule has 1 N–H and O–H groups in total. The molecular weight excluding hydrogens is 645 g/mol. The number of anilines is 2. The summed E-state index contributed by atoms with van der Waals surface area (Å²) in [6.07, 6.45) is 1.93. The summed E-state index contributed by atoms with van der Waals surface area (Å²) in [6.45, 7) is -0.389. The van der Waals surface area contributed by atoms with E-state index in [9.17, 15) is 24.3 Å². The zero-order valence-corrected chi connectivity index (χ0v) is 27.3. The number of furan rings is 1. The van der Waals surface area contributed by atoms with Crippen molar-refractivity contribution in [1.29, 1.82) is 0 Å². The molecule has 47 heavy (non-hydrogen) atoms. The zero-order valence-electron chi connectivity index (χ0n) is 25.8. The Labute approximate surface area is 280 Å². The Kier molecular flexibility index (Phi) is 7.42. The summed E-state index contributed by atoms with van der Waals surface area (Å²) >= 11 is 14.3. The van der Waals surface area contributed by atoms with Crippen molar-refractivity contribution in [2.24, 2.45) is 28.0 Å². The van der Waals surface area contributed by atoms with Gasteiger partial charge in [-0.25, -0.2) is 0 Å². The molecule has 6 atom stereocenters. The number of carbonyl (C=O) groups excluding carboxylic acids is 4. The van der Waals surface area contributed by atoms with Gasteiger partial charge < -0.3 is 14.4 Å². The molecule has 13 heteroatoms. The number of allylic oxidation sites excluding steroid dienone is 2. The molecule has 0 radical (unpaired) electrons. The molecule has 2 aliphatic carbocycles. The van der Waals surface area contributed by atoms with Gasteiger partial charge in [0.1, 0.15) is 18.1 Å². The van der Waals surface area contributed by atoms with Gasteiger partial charge in [-0.15, -0.1) is 23.2 Å². The second kappa shape index (κ2) is 11.1. The summed E-state index contributed by atoms with van der Waals surface area (Å²) in [7, 11) is 5.23. The SMILES string of the molecule is CN1C(=O)C2(Cl)CC3C(=CCC4C(=O)N(c5ccc(N=Nc6ccc(N(C)C)cc6)cc5)C(=O)C43)C(c3ccc(CO)o3)C2(Cl)C1=O. The van der Waals surface area contributed by atoms with E-state index in [-0.39, 0.29) is 36.9 Å². The summed E-state index contributed by atoms with van der Waals surface area (Å²) in [4.78, 5) is 55.4. The van der Waals surface area contributed by atoms with E-state index in [4.69, 9.17) is 27.6 Å². The van der Waals surface area contributed by atoms with Crippen LogP contribution < -0.4 is 9.80 Å². The Morgan fingerprint density at radius 3 is 2.13 bits per heavy atom. The van der Waals surface area contributed by atoms with Crippen LogP contribution in [0.4, 0.5) is 22.7 Å². The van der Waals surface area contributed by atoms with Crippen molar-refractivity contribution in [3.8, 4) is 0 Å². The van der Waals surface area contributed by atoms with Crippen LogP contribution in [0.5, 0.6) is 0 Å². The normalized spacial score (nSPS) is 30.1. The zero-order chi connectivity index (χ0) is 33.4. The van der Waals surface area contributed by atoms with Gasteiger partial charge in [-0.1, -0.05) is 11.6 Å². The first-order valence-corrected chi connectivity index (χ1v) is 15.9. The fraction of sp³-hybridized carbons (Fsp3) is 0.353. The monoisotopic (exact) mass is 675 g/mol. The van der Waals surface area contributed by atoms with E-state index < -0.39 is 51.1 Å². The molecule has 6 unspecified atom stereocenters. The van der Waals surface area contributed by atoms with E-state index in [0.717, 1.165) is 10.6 Å². The smallest absolute Gasteiger partial charge is 0.253 e. The van der Waals surface area contributed by atoms with Crippen molar-refractivity contribution >= 4 is 69.6 Å². The van der Waals surface area contributed by atoms with Crippen molar-refractivity contribution in [3.63, 3.8) is 0 Å². The lowest BCUT2D eigenvalue weighted by atomic mass is 9.57. The summed E-state index contributed by atoms with van der Waals surface area (Å²) in [5, 5.41) is 18.2. The minimum atomic E-state index is -1.94. The third kappa shape index (κ3) is 4.51. The van der Waals surface area contributed by atoms with Gasteiger partial charge in [-0.05, 0) is 79.4 Å². The highest BCUT2D eigenvalue weighted by molar-refractivity contribution is 6.53. The lowest BCUT2D eigenvalue weighted by molar-refractivity contribution is -0.138. The van der Waals surface area contributed by atoms with Gasteiger partial charge in [0, 0.05) is 26.8 Å². The van der Waals surface area contributed by atoms with Crippen LogP contribution in [0.1, 0.15) is 30.3 Å². The summed E-state index contributed by atoms with van der Waals surface area (Å²) in [6, 6.07) is 17.4. The number of amides is 4. The van der Waals surface area contributed by atoms with E-state index in [1.807, 2.05) is 49.3 Å². The molecule has 2 aliphatic heterocycles. The molecule has 242 valence electrons. The highest BCUT2D eigenvalue weighted by atomic mass is 35.5. The van der Waals surface area contributed by atoms with E-state index in [1.54, 1.807) is 36.4 Å². The van der Waals surface area contributed by atoms with Gasteiger partial charge in [0.05, 0.1) is 34.8 Å². The Hall–Kier alpha value is -4.32. The molecule has 1 aromatic heterocycles. The quantitative estimate of drug-likeness (QED) is 0.159. The van der Waals surface area contributed by atoms with Crippen LogP contribution >= 0.6 is 23.2 Å². The number of aliphatic hydroxyl groups is 1. The average Bonchev–Trinajstić information content (AvgIpc) is 3.68. The molecule has 4 aliphatic rings. The van der Waals surface area contributed by atoms with Gasteiger partial charge in [-0.3, -0.25) is 29.0 Å². The first kappa shape index (κ1) is 31.3. The third-order valence-corrected chi connectivity index (χ3v) is 11.3. The number of benzene rings is 2. The van der Waals surface area contributed by atoms with E-state index >= 15 is 0 Å². The van der Waals surface area contributed by atoms with E-state index in [0.29, 0.717) is 22.6 Å². The van der Waals surface area contributed by atoms with Crippen molar-refractivity contribution in [2.45, 2.75) is 35.1 Å². The van der Waals surface area contributed by atoms with Crippen LogP contribution in [0.3, 0.4) is 0 Å². The van der Waals surface area contributed by atoms with Crippen molar-refractivity contribution < 1.29 is 28.7 Å². The Morgan fingerprint density at radius 2 is 1.53 bits per heavy atom. The first-order valence-electron chi connectivity index (χ1n) is 15.2. The number of halogens is 2. The predicted octanol–water partition coefficient (Wildman–Crippen LogP) is 5.45. The average molecular weight is 677 g/mol. The standard InChI is InChI=1S/C34H31Cl2N5O6/c1-39(2)20-8-4-18(5-9-20)37-38-19-6-10-21(11-7-19)41-29(43)24-14-13-23-25(27(24)30(41)44)16-33(35)31(45)40(3)32(46)34(33,36)28(23)26-15-12-22(17-42)47-26/h4-13,15,24-25,27-28,42H,14,16-17H2,1-3H3. The number of aliphatic hydroxyl groups excluding tert-OH is 1. The second-order valence-electron chi connectivity index (χ2n) is 12.6. The lowest BCUT2D eigenvalue weighted by Crippen LogP contribution is -2.60. The minimum Gasteiger partial charge on any atom is -0.463 e. The number of carbonyl (C=O) groups is 4. The number of hydrogen-bond acceptors (Lipinski definition) is 9. The fourth-order valence-electron chi connectivity index (χ4n) is 7.55. The van der Waals surface area contributed by atoms with Gasteiger partial charge in [0.2, 0.25) is 11.8 Å². The maximum Gasteiger partial charge on any atom is 0.253 e. The molecule has 3 aromatic rings. The van der Waals surface area contributed by atoms with Gasteiger partial charge in [0.15, 0.2) is 9.75 Å². The molecule has 11 nitrogen and oxygen atoms in total. The largest absolute Gasteiger partial charge is 0.463 e. The fourth-order valence-corrected chi connectivity index (χ4v) is 8.55. The van der Waals surface area contributed by atoms with Gasteiger partial charge in [0.25, 0.3) is 11.8 Å². The van der Waals surface area contributed by atoms with Crippen LogP contribution in [-0.2, 0) is 25.8 Å². The number of likely N-dealkylation sites (tertiary alicyclic amines) is 1. The summed E-state index contributed by atoms with van der Waals surface area (Å²) < 4.78 is 5.89. The summed E-state index contributed by atoms with van der Waals surface area (Å²) in [5.41, 5.74) is 3.26. The molecule has 7 rings (SSSR count). The first-order chi connectivity index (χ1) is 22.4. The maximum absolute atomic E-state index is 14.2. The maximum atomic E-state index is 14.2. The third-order valence-electron chi connectivity index (χ3n) is 9.89. The Balaban J connectivity index is 1.20. The number of imide groups is 2. The van der Waals surface area contributed by atoms with Gasteiger partial charge >= 0.3 is 0 Å². The van der Waals surface area contributed by atoms with Crippen molar-refractivity contribution in [3.05, 3.63) is 83.8 Å². The number of nitrogens with zero attached hydrogens (tertiary/aromatic N) is 5. The van der Waals surface area contributed by atoms with E-state index in [1.165, 1.54) is 11.9 Å². The van der Waals surface area contributed by atoms with Crippen molar-refractivity contribution in [2.75, 3.05) is 30.9 Å². The molecule has 1 saturated carbocycles. The molecule has 2 aromatic carbocycles. The highest BCUT2D eigenvalue weighted by Gasteiger charge is 2.76. The number of alkyl halides is 2. The van der Waals surface area contributed by atoms with Crippen LogP contribution in [-0.4, -0.2) is 64.5 Å². The molecule has 2 saturated heterocycles. The number of rotatable bonds is 6. The highest BCUT2D eigenvalue weighted by Crippen LogP contribution is 2.65. The van der Waals surface area contributed by atoms with Crippen LogP contribution in [0.2, 0.25) is 0 Å². The molecule has 3 heterocycles. The van der Waals surface area contributed by atoms with Gasteiger partial charge in [-0.2, -0.15) is 10.2 Å². The Morgan fingerprint density at radius 1 is 0.894 bits per heavy atom. The molecular formula is C34H31Cl2N5O6. The number of fused-ring (bicyclic) bond motifs is 4. The Bertz CT molecular complexity index is 1870. The van der Waals surface area contributed by atoms with Crippen LogP contribution in [0, 0.1) is 17.8 Å². The number of hydrogen-bond donors (Lipinski definition) is 1. The molecule has 4 amide bonds. The number of azo groups is 1. The minimum absolute atomic E-state index is 0.119. The molecule has 3 fully saturated rings. The lowest BCUT2D eigenvalue weighted by Gasteiger charge is -2.49. The van der Waals surface area contributed by atoms with E-state index in [2.05, 4.69) is 10.2 Å². The topological polar surface area (TPSA) is 136 Å². The predicted molar refractivity (Wildman–Crippen MR) is 174 cm³/mol. The van der Waals surface area contributed by atoms with Crippen LogP contribution in [0.25, 0.3) is 0 Å².